The highest BCUT2D eigenvalue weighted by Gasteiger charge is 2.05. The fraction of sp³-hybridized carbons (Fsp3) is 0.100. The summed E-state index contributed by atoms with van der Waals surface area (Å²) >= 11 is 0. The molecule has 1 N–H and O–H groups in total. The fourth-order valence-electron chi connectivity index (χ4n) is 1.24. The molecule has 0 aromatic carbocycles. The van der Waals surface area contributed by atoms with Crippen LogP contribution in [0.4, 0.5) is 0 Å². The fourth-order valence-corrected chi connectivity index (χ4v) is 1.24. The molecule has 5 nitrogen and oxygen atoms in total. The van der Waals surface area contributed by atoms with E-state index in [0.29, 0.717) is 0 Å². The Labute approximate surface area is 86.0 Å². The van der Waals surface area contributed by atoms with Gasteiger partial charge in [-0.15, -0.1) is 0 Å². The van der Waals surface area contributed by atoms with Crippen LogP contribution in [0.3, 0.4) is 0 Å². The molecule has 0 saturated carbocycles. The van der Waals surface area contributed by atoms with Crippen molar-refractivity contribution in [2.45, 2.75) is 0 Å². The van der Waals surface area contributed by atoms with Crippen molar-refractivity contribution in [2.75, 3.05) is 0 Å². The molecule has 0 aliphatic heterocycles. The first-order chi connectivity index (χ1) is 7.16. The van der Waals surface area contributed by atoms with Crippen molar-refractivity contribution in [1.82, 2.24) is 14.8 Å². The second-order valence-corrected chi connectivity index (χ2v) is 3.11. The minimum Gasteiger partial charge on any atom is -0.477 e. The van der Waals surface area contributed by atoms with Gasteiger partial charge in [0.2, 0.25) is 0 Å². The van der Waals surface area contributed by atoms with Gasteiger partial charge >= 0.3 is 5.97 Å². The van der Waals surface area contributed by atoms with Gasteiger partial charge < -0.3 is 5.11 Å². The summed E-state index contributed by atoms with van der Waals surface area (Å²) in [6.45, 7) is 0. The number of hydrogen-bond acceptors (Lipinski definition) is 3. The molecule has 2 aromatic rings. The van der Waals surface area contributed by atoms with Crippen molar-refractivity contribution in [2.24, 2.45) is 7.05 Å². The summed E-state index contributed by atoms with van der Waals surface area (Å²) in [4.78, 5) is 14.4. The molecule has 0 fully saturated rings. The highest BCUT2D eigenvalue weighted by atomic mass is 16.4. The van der Waals surface area contributed by atoms with E-state index in [4.69, 9.17) is 5.11 Å². The second kappa shape index (κ2) is 3.53. The number of aryl methyl sites for hydroxylation is 1. The van der Waals surface area contributed by atoms with Crippen LogP contribution < -0.4 is 0 Å². The summed E-state index contributed by atoms with van der Waals surface area (Å²) < 4.78 is 1.68. The zero-order valence-corrected chi connectivity index (χ0v) is 8.08. The van der Waals surface area contributed by atoms with Crippen LogP contribution in [0.15, 0.2) is 30.6 Å². The quantitative estimate of drug-likeness (QED) is 0.795. The van der Waals surface area contributed by atoms with Gasteiger partial charge in [-0.2, -0.15) is 5.10 Å². The minimum absolute atomic E-state index is 0.0367. The van der Waals surface area contributed by atoms with Gasteiger partial charge in [-0.25, -0.2) is 9.78 Å². The number of nitrogens with zero attached hydrogens (tertiary/aromatic N) is 3. The Bertz CT molecular complexity index is 488. The Morgan fingerprint density at radius 1 is 1.40 bits per heavy atom. The highest BCUT2D eigenvalue weighted by molar-refractivity contribution is 5.85. The van der Waals surface area contributed by atoms with E-state index in [1.165, 1.54) is 12.3 Å². The summed E-state index contributed by atoms with van der Waals surface area (Å²) in [7, 11) is 1.82. The van der Waals surface area contributed by atoms with Gasteiger partial charge in [0.15, 0.2) is 0 Å². The average molecular weight is 203 g/mol. The summed E-state index contributed by atoms with van der Waals surface area (Å²) in [6.07, 6.45) is 3.33. The van der Waals surface area contributed by atoms with Crippen LogP contribution in [0.2, 0.25) is 0 Å². The van der Waals surface area contributed by atoms with Gasteiger partial charge in [-0.1, -0.05) is 0 Å². The van der Waals surface area contributed by atoms with Crippen LogP contribution in [-0.2, 0) is 7.05 Å². The van der Waals surface area contributed by atoms with Crippen LogP contribution in [0.5, 0.6) is 0 Å². The Morgan fingerprint density at radius 3 is 2.67 bits per heavy atom. The van der Waals surface area contributed by atoms with Gasteiger partial charge in [0.1, 0.15) is 5.69 Å². The number of aromatic carboxylic acids is 1. The van der Waals surface area contributed by atoms with Crippen LogP contribution in [0.25, 0.3) is 11.3 Å². The Balaban J connectivity index is 2.35. The number of carbonyl (C=O) groups is 1. The molecule has 0 aliphatic rings. The summed E-state index contributed by atoms with van der Waals surface area (Å²) in [5.41, 5.74) is 1.62. The molecular formula is C10H9N3O2. The number of rotatable bonds is 2. The van der Waals surface area contributed by atoms with Gasteiger partial charge in [0, 0.05) is 25.0 Å². The SMILES string of the molecule is Cn1ccc(-c2ccc(C(=O)O)nc2)n1. The average Bonchev–Trinajstić information content (AvgIpc) is 2.65. The number of carboxylic acids is 1. The summed E-state index contributed by atoms with van der Waals surface area (Å²) in [5, 5.41) is 12.9. The molecule has 0 atom stereocenters. The number of carboxylic acid groups (broad SMARTS) is 1. The minimum atomic E-state index is -1.03. The lowest BCUT2D eigenvalue weighted by molar-refractivity contribution is 0.0690. The van der Waals surface area contributed by atoms with E-state index in [1.54, 1.807) is 10.7 Å². The van der Waals surface area contributed by atoms with Crippen LogP contribution in [0.1, 0.15) is 10.5 Å². The Kier molecular flexibility index (Phi) is 2.21. The molecule has 0 amide bonds. The largest absolute Gasteiger partial charge is 0.477 e. The van der Waals surface area contributed by atoms with Crippen molar-refractivity contribution >= 4 is 5.97 Å². The van der Waals surface area contributed by atoms with E-state index < -0.39 is 5.97 Å². The first-order valence-electron chi connectivity index (χ1n) is 4.36. The first-order valence-corrected chi connectivity index (χ1v) is 4.36. The van der Waals surface area contributed by atoms with Crippen LogP contribution in [-0.4, -0.2) is 25.8 Å². The third kappa shape index (κ3) is 1.85. The van der Waals surface area contributed by atoms with E-state index >= 15 is 0 Å². The predicted molar refractivity (Wildman–Crippen MR) is 53.4 cm³/mol. The summed E-state index contributed by atoms with van der Waals surface area (Å²) in [6, 6.07) is 5.00. The smallest absolute Gasteiger partial charge is 0.354 e. The van der Waals surface area contributed by atoms with Crippen molar-refractivity contribution in [3.8, 4) is 11.3 Å². The number of aromatic nitrogens is 3. The Morgan fingerprint density at radius 2 is 2.20 bits per heavy atom. The molecule has 2 heterocycles. The molecule has 76 valence electrons. The predicted octanol–water partition coefficient (Wildman–Crippen LogP) is 1.18. The van der Waals surface area contributed by atoms with Gasteiger partial charge in [0.05, 0.1) is 5.69 Å². The van der Waals surface area contributed by atoms with E-state index in [9.17, 15) is 4.79 Å². The monoisotopic (exact) mass is 203 g/mol. The van der Waals surface area contributed by atoms with Gasteiger partial charge in [-0.3, -0.25) is 4.68 Å². The molecule has 0 radical (unpaired) electrons. The van der Waals surface area contributed by atoms with Crippen molar-refractivity contribution in [1.29, 1.82) is 0 Å². The topological polar surface area (TPSA) is 68.0 Å². The first kappa shape index (κ1) is 9.39. The van der Waals surface area contributed by atoms with Crippen molar-refractivity contribution < 1.29 is 9.90 Å². The maximum absolute atomic E-state index is 10.6. The van der Waals surface area contributed by atoms with E-state index in [2.05, 4.69) is 10.1 Å². The molecule has 5 heteroatoms. The zero-order valence-electron chi connectivity index (χ0n) is 8.08. The molecule has 0 bridgehead atoms. The second-order valence-electron chi connectivity index (χ2n) is 3.11. The highest BCUT2D eigenvalue weighted by Crippen LogP contribution is 2.15. The maximum atomic E-state index is 10.6. The molecule has 2 rings (SSSR count). The van der Waals surface area contributed by atoms with E-state index in [1.807, 2.05) is 19.3 Å². The lowest BCUT2D eigenvalue weighted by Crippen LogP contribution is -1.99. The molecule has 0 spiro atoms. The molecular weight excluding hydrogens is 194 g/mol. The lowest BCUT2D eigenvalue weighted by Gasteiger charge is -1.96. The third-order valence-corrected chi connectivity index (χ3v) is 1.99. The number of pyridine rings is 1. The number of hydrogen-bond donors (Lipinski definition) is 1. The molecule has 0 aliphatic carbocycles. The normalized spacial score (nSPS) is 10.2. The molecule has 15 heavy (non-hydrogen) atoms. The Hall–Kier alpha value is -2.17. The third-order valence-electron chi connectivity index (χ3n) is 1.99. The zero-order chi connectivity index (χ0) is 10.8. The molecule has 2 aromatic heterocycles. The van der Waals surface area contributed by atoms with Gasteiger partial charge in [0.25, 0.3) is 0 Å². The lowest BCUT2D eigenvalue weighted by atomic mass is 10.2. The maximum Gasteiger partial charge on any atom is 0.354 e. The van der Waals surface area contributed by atoms with Gasteiger partial charge in [-0.05, 0) is 18.2 Å². The molecule has 0 unspecified atom stereocenters. The van der Waals surface area contributed by atoms with Crippen molar-refractivity contribution in [3.05, 3.63) is 36.3 Å². The summed E-state index contributed by atoms with van der Waals surface area (Å²) in [5.74, 6) is -1.03. The van der Waals surface area contributed by atoms with Crippen molar-refractivity contribution in [3.63, 3.8) is 0 Å². The molecule has 0 saturated heterocycles. The standard InChI is InChI=1S/C10H9N3O2/c1-13-5-4-8(12-13)7-2-3-9(10(14)15)11-6-7/h2-6H,1H3,(H,14,15). The van der Waals surface area contributed by atoms with Crippen LogP contribution in [0, 0.1) is 0 Å². The van der Waals surface area contributed by atoms with E-state index in [-0.39, 0.29) is 5.69 Å². The van der Waals surface area contributed by atoms with E-state index in [0.717, 1.165) is 11.3 Å². The van der Waals surface area contributed by atoms with Crippen LogP contribution >= 0.6 is 0 Å².